The summed E-state index contributed by atoms with van der Waals surface area (Å²) in [7, 11) is 0. The quantitative estimate of drug-likeness (QED) is 0.701. The van der Waals surface area contributed by atoms with E-state index in [0.717, 1.165) is 13.1 Å². The van der Waals surface area contributed by atoms with Crippen molar-refractivity contribution >= 4 is 23.9 Å². The van der Waals surface area contributed by atoms with Crippen LogP contribution in [0.5, 0.6) is 0 Å². The van der Waals surface area contributed by atoms with E-state index in [1.807, 2.05) is 0 Å². The van der Waals surface area contributed by atoms with Gasteiger partial charge in [-0.3, -0.25) is 4.99 Å². The topological polar surface area (TPSA) is 15.6 Å². The van der Waals surface area contributed by atoms with E-state index in [2.05, 4.69) is 29.2 Å². The lowest BCUT2D eigenvalue weighted by Gasteiger charge is -2.37. The minimum atomic E-state index is 0. The van der Waals surface area contributed by atoms with Crippen molar-refractivity contribution in [3.8, 4) is 0 Å². The third kappa shape index (κ3) is 1.73. The van der Waals surface area contributed by atoms with Crippen LogP contribution in [0.2, 0.25) is 0 Å². The molecule has 3 heteroatoms. The summed E-state index contributed by atoms with van der Waals surface area (Å²) in [6, 6.07) is 9.02. The molecule has 1 aliphatic carbocycles. The highest BCUT2D eigenvalue weighted by atomic mass is 35.5. The normalized spacial score (nSPS) is 23.4. The van der Waals surface area contributed by atoms with Crippen molar-refractivity contribution in [1.29, 1.82) is 0 Å². The lowest BCUT2D eigenvalue weighted by molar-refractivity contribution is 0.382. The Labute approximate surface area is 121 Å². The van der Waals surface area contributed by atoms with Crippen molar-refractivity contribution in [2.45, 2.75) is 43.9 Å². The van der Waals surface area contributed by atoms with Crippen molar-refractivity contribution in [3.63, 3.8) is 0 Å². The fourth-order valence-corrected chi connectivity index (χ4v) is 4.13. The highest BCUT2D eigenvalue weighted by molar-refractivity contribution is 6.12. The van der Waals surface area contributed by atoms with Crippen LogP contribution in [0.25, 0.3) is 0 Å². The van der Waals surface area contributed by atoms with Gasteiger partial charge in [0, 0.05) is 18.8 Å². The fraction of sp³-hybridized carbons (Fsp3) is 0.562. The Morgan fingerprint density at radius 3 is 2.63 bits per heavy atom. The van der Waals surface area contributed by atoms with E-state index < -0.39 is 0 Å². The SMILES string of the molecule is Cl.c1ccc2c(c1)N1CCCN=C1C21CCCCC1. The summed E-state index contributed by atoms with van der Waals surface area (Å²) in [4.78, 5) is 7.43. The van der Waals surface area contributed by atoms with Crippen LogP contribution in [0, 0.1) is 0 Å². The molecule has 2 heterocycles. The Kier molecular flexibility index (Phi) is 3.30. The molecule has 0 unspecified atom stereocenters. The van der Waals surface area contributed by atoms with Crippen molar-refractivity contribution < 1.29 is 0 Å². The molecular formula is C16H21ClN2. The maximum Gasteiger partial charge on any atom is 0.114 e. The van der Waals surface area contributed by atoms with E-state index >= 15 is 0 Å². The Hall–Kier alpha value is -1.02. The standard InChI is InChI=1S/C16H20N2.ClH/c1-4-9-16(10-5-1)13-7-2-3-8-14(13)18-12-6-11-17-15(16)18;/h2-3,7-8H,1,4-6,9-12H2;1H. The van der Waals surface area contributed by atoms with Gasteiger partial charge in [-0.2, -0.15) is 0 Å². The monoisotopic (exact) mass is 276 g/mol. The predicted molar refractivity (Wildman–Crippen MR) is 82.7 cm³/mol. The molecule has 3 aliphatic rings. The first kappa shape index (κ1) is 13.0. The van der Waals surface area contributed by atoms with Gasteiger partial charge in [0.1, 0.15) is 5.84 Å². The van der Waals surface area contributed by atoms with Crippen LogP contribution in [-0.4, -0.2) is 18.9 Å². The molecule has 0 N–H and O–H groups in total. The van der Waals surface area contributed by atoms with E-state index in [9.17, 15) is 0 Å². The Morgan fingerprint density at radius 2 is 1.79 bits per heavy atom. The van der Waals surface area contributed by atoms with Gasteiger partial charge in [-0.25, -0.2) is 0 Å². The number of aliphatic imine (C=N–C) groups is 1. The van der Waals surface area contributed by atoms with Gasteiger partial charge in [0.15, 0.2) is 0 Å². The molecule has 1 aromatic rings. The first-order valence-corrected chi connectivity index (χ1v) is 7.34. The summed E-state index contributed by atoms with van der Waals surface area (Å²) < 4.78 is 0. The molecule has 0 radical (unpaired) electrons. The molecule has 1 aromatic carbocycles. The molecule has 0 atom stereocenters. The maximum atomic E-state index is 4.93. The molecule has 2 nitrogen and oxygen atoms in total. The largest absolute Gasteiger partial charge is 0.329 e. The second kappa shape index (κ2) is 4.82. The van der Waals surface area contributed by atoms with E-state index in [-0.39, 0.29) is 17.8 Å². The summed E-state index contributed by atoms with van der Waals surface area (Å²) in [6.45, 7) is 2.19. The fourth-order valence-electron chi connectivity index (χ4n) is 4.13. The molecule has 0 amide bonds. The van der Waals surface area contributed by atoms with E-state index in [1.165, 1.54) is 50.0 Å². The van der Waals surface area contributed by atoms with Gasteiger partial charge in [0.05, 0.1) is 5.41 Å². The van der Waals surface area contributed by atoms with E-state index in [4.69, 9.17) is 4.99 Å². The molecule has 2 aliphatic heterocycles. The van der Waals surface area contributed by atoms with Gasteiger partial charge in [-0.05, 0) is 30.9 Å². The first-order chi connectivity index (χ1) is 8.92. The lowest BCUT2D eigenvalue weighted by atomic mass is 9.70. The zero-order chi connectivity index (χ0) is 12.0. The van der Waals surface area contributed by atoms with Crippen LogP contribution in [0.4, 0.5) is 5.69 Å². The number of anilines is 1. The number of hydrogen-bond acceptors (Lipinski definition) is 2. The average Bonchev–Trinajstić information content (AvgIpc) is 2.72. The third-order valence-electron chi connectivity index (χ3n) is 4.90. The molecule has 0 aromatic heterocycles. The molecule has 1 fully saturated rings. The Morgan fingerprint density at radius 1 is 1.00 bits per heavy atom. The van der Waals surface area contributed by atoms with E-state index in [0.29, 0.717) is 0 Å². The number of benzene rings is 1. The average molecular weight is 277 g/mol. The second-order valence-electron chi connectivity index (χ2n) is 5.87. The van der Waals surface area contributed by atoms with Crippen LogP contribution < -0.4 is 4.90 Å². The highest BCUT2D eigenvalue weighted by Gasteiger charge is 2.49. The van der Waals surface area contributed by atoms with Crippen LogP contribution >= 0.6 is 12.4 Å². The number of fused-ring (bicyclic) bond motifs is 5. The summed E-state index contributed by atoms with van der Waals surface area (Å²) >= 11 is 0. The molecular weight excluding hydrogens is 256 g/mol. The van der Waals surface area contributed by atoms with Crippen LogP contribution in [0.3, 0.4) is 0 Å². The van der Waals surface area contributed by atoms with Crippen molar-refractivity contribution in [3.05, 3.63) is 29.8 Å². The van der Waals surface area contributed by atoms with Crippen LogP contribution in [-0.2, 0) is 5.41 Å². The molecule has 1 saturated carbocycles. The maximum absolute atomic E-state index is 4.93. The van der Waals surface area contributed by atoms with Gasteiger partial charge in [-0.1, -0.05) is 37.5 Å². The summed E-state index contributed by atoms with van der Waals surface area (Å²) in [5.41, 5.74) is 3.28. The molecule has 0 bridgehead atoms. The van der Waals surface area contributed by atoms with Crippen LogP contribution in [0.15, 0.2) is 29.3 Å². The first-order valence-electron chi connectivity index (χ1n) is 7.34. The van der Waals surface area contributed by atoms with Gasteiger partial charge in [0.2, 0.25) is 0 Å². The number of nitrogens with zero attached hydrogens (tertiary/aromatic N) is 2. The van der Waals surface area contributed by atoms with Crippen molar-refractivity contribution in [1.82, 2.24) is 0 Å². The van der Waals surface area contributed by atoms with Crippen LogP contribution in [0.1, 0.15) is 44.1 Å². The molecule has 1 spiro atoms. The molecule has 4 rings (SSSR count). The second-order valence-corrected chi connectivity index (χ2v) is 5.87. The smallest absolute Gasteiger partial charge is 0.114 e. The third-order valence-corrected chi connectivity index (χ3v) is 4.90. The zero-order valence-corrected chi connectivity index (χ0v) is 12.1. The van der Waals surface area contributed by atoms with Gasteiger partial charge in [-0.15, -0.1) is 12.4 Å². The van der Waals surface area contributed by atoms with Gasteiger partial charge < -0.3 is 4.90 Å². The summed E-state index contributed by atoms with van der Waals surface area (Å²) in [5, 5.41) is 0. The number of rotatable bonds is 0. The summed E-state index contributed by atoms with van der Waals surface area (Å²) in [5.74, 6) is 1.40. The minimum Gasteiger partial charge on any atom is -0.329 e. The number of hydrogen-bond donors (Lipinski definition) is 0. The van der Waals surface area contributed by atoms with E-state index in [1.54, 1.807) is 5.56 Å². The number of para-hydroxylation sites is 1. The molecule has 0 saturated heterocycles. The molecule has 102 valence electrons. The van der Waals surface area contributed by atoms with Crippen molar-refractivity contribution in [2.75, 3.05) is 18.0 Å². The van der Waals surface area contributed by atoms with Gasteiger partial charge >= 0.3 is 0 Å². The summed E-state index contributed by atoms with van der Waals surface area (Å²) in [6.07, 6.45) is 7.94. The van der Waals surface area contributed by atoms with Gasteiger partial charge in [0.25, 0.3) is 0 Å². The number of amidine groups is 1. The lowest BCUT2D eigenvalue weighted by Crippen LogP contribution is -2.44. The molecule has 19 heavy (non-hydrogen) atoms. The number of halogens is 1. The Balaban J connectivity index is 0.00000110. The highest BCUT2D eigenvalue weighted by Crippen LogP contribution is 2.51. The minimum absolute atomic E-state index is 0. The zero-order valence-electron chi connectivity index (χ0n) is 11.3. The predicted octanol–water partition coefficient (Wildman–Crippen LogP) is 3.93. The Bertz CT molecular complexity index is 503. The van der Waals surface area contributed by atoms with Crippen molar-refractivity contribution in [2.24, 2.45) is 4.99 Å².